The first-order valence-corrected chi connectivity index (χ1v) is 13.2. The average Bonchev–Trinajstić information content (AvgIpc) is 2.83. The van der Waals surface area contributed by atoms with E-state index in [1.165, 1.54) is 86.5 Å². The summed E-state index contributed by atoms with van der Waals surface area (Å²) < 4.78 is 0. The van der Waals surface area contributed by atoms with Crippen LogP contribution in [0.15, 0.2) is 48.5 Å². The zero-order valence-electron chi connectivity index (χ0n) is 20.3. The molecule has 2 aromatic carbocycles. The lowest BCUT2D eigenvalue weighted by molar-refractivity contribution is -0.120. The van der Waals surface area contributed by atoms with Gasteiger partial charge in [0.2, 0.25) is 0 Å². The Hall–Kier alpha value is -1.89. The molecule has 0 bridgehead atoms. The van der Waals surface area contributed by atoms with E-state index in [-0.39, 0.29) is 0 Å². The Kier molecular flexibility index (Phi) is 8.22. The maximum atomic E-state index is 13.6. The normalized spacial score (nSPS) is 20.1. The van der Waals surface area contributed by atoms with Crippen molar-refractivity contribution >= 4 is 5.78 Å². The molecule has 2 aliphatic rings. The van der Waals surface area contributed by atoms with Gasteiger partial charge in [0, 0.05) is 12.8 Å². The molecule has 1 heteroatoms. The van der Waals surface area contributed by atoms with E-state index < -0.39 is 0 Å². The van der Waals surface area contributed by atoms with Gasteiger partial charge in [-0.2, -0.15) is 0 Å². The number of rotatable bonds is 8. The molecule has 0 unspecified atom stereocenters. The SMILES string of the molecule is Cc1ccc([C@@H](CC(=O)C[C@H](c2ccc(C)cc2)C2CCCCC2)C2CCCCC2)cc1. The molecule has 2 saturated carbocycles. The predicted octanol–water partition coefficient (Wildman–Crippen LogP) is 8.68. The molecule has 0 radical (unpaired) electrons. The molecular formula is C31H42O. The van der Waals surface area contributed by atoms with Gasteiger partial charge in [0.15, 0.2) is 0 Å². The summed E-state index contributed by atoms with van der Waals surface area (Å²) in [6.07, 6.45) is 14.6. The largest absolute Gasteiger partial charge is 0.300 e. The summed E-state index contributed by atoms with van der Waals surface area (Å²) in [7, 11) is 0. The lowest BCUT2D eigenvalue weighted by atomic mass is 9.71. The smallest absolute Gasteiger partial charge is 0.134 e. The second-order valence-electron chi connectivity index (χ2n) is 10.8. The van der Waals surface area contributed by atoms with Gasteiger partial charge in [-0.1, -0.05) is 98.2 Å². The van der Waals surface area contributed by atoms with Crippen LogP contribution in [0.3, 0.4) is 0 Å². The van der Waals surface area contributed by atoms with Crippen LogP contribution in [0, 0.1) is 25.7 Å². The van der Waals surface area contributed by atoms with Gasteiger partial charge in [0.25, 0.3) is 0 Å². The van der Waals surface area contributed by atoms with Gasteiger partial charge >= 0.3 is 0 Å². The standard InChI is InChI=1S/C31H42O/c1-23-13-17-27(18-14-23)30(25-9-5-3-6-10-25)21-29(32)22-31(26-11-7-4-8-12-26)28-19-15-24(2)16-20-28/h13-20,25-26,30-31H,3-12,21-22H2,1-2H3/t30-,31-/m0/s1. The molecule has 2 aliphatic carbocycles. The van der Waals surface area contributed by atoms with Gasteiger partial charge in [0.05, 0.1) is 0 Å². The monoisotopic (exact) mass is 430 g/mol. The number of hydrogen-bond donors (Lipinski definition) is 0. The quantitative estimate of drug-likeness (QED) is 0.409. The van der Waals surface area contributed by atoms with Crippen LogP contribution >= 0.6 is 0 Å². The third-order valence-corrected chi connectivity index (χ3v) is 8.34. The fourth-order valence-corrected chi connectivity index (χ4v) is 6.39. The molecule has 2 atom stereocenters. The maximum absolute atomic E-state index is 13.6. The van der Waals surface area contributed by atoms with E-state index in [1.54, 1.807) is 0 Å². The molecule has 0 heterocycles. The third-order valence-electron chi connectivity index (χ3n) is 8.34. The molecule has 2 aromatic rings. The van der Waals surface area contributed by atoms with Crippen LogP contribution in [0.2, 0.25) is 0 Å². The van der Waals surface area contributed by atoms with Crippen LogP contribution in [0.25, 0.3) is 0 Å². The summed E-state index contributed by atoms with van der Waals surface area (Å²) in [4.78, 5) is 13.6. The van der Waals surface area contributed by atoms with Crippen molar-refractivity contribution in [3.63, 3.8) is 0 Å². The van der Waals surface area contributed by atoms with Crippen LogP contribution in [0.5, 0.6) is 0 Å². The first-order chi connectivity index (χ1) is 15.6. The summed E-state index contributed by atoms with van der Waals surface area (Å²) in [5.41, 5.74) is 5.39. The Labute approximate surface area is 196 Å². The maximum Gasteiger partial charge on any atom is 0.134 e. The van der Waals surface area contributed by atoms with Gasteiger partial charge in [-0.25, -0.2) is 0 Å². The van der Waals surface area contributed by atoms with E-state index in [4.69, 9.17) is 0 Å². The molecule has 0 amide bonds. The number of hydrogen-bond acceptors (Lipinski definition) is 1. The lowest BCUT2D eigenvalue weighted by Gasteiger charge is -2.33. The molecule has 0 N–H and O–H groups in total. The average molecular weight is 431 g/mol. The van der Waals surface area contributed by atoms with E-state index in [9.17, 15) is 4.79 Å². The van der Waals surface area contributed by atoms with E-state index in [2.05, 4.69) is 62.4 Å². The summed E-state index contributed by atoms with van der Waals surface area (Å²) in [6, 6.07) is 18.1. The highest BCUT2D eigenvalue weighted by molar-refractivity contribution is 5.80. The molecule has 2 fully saturated rings. The van der Waals surface area contributed by atoms with E-state index in [0.29, 0.717) is 29.5 Å². The lowest BCUT2D eigenvalue weighted by Crippen LogP contribution is -2.23. The molecule has 0 spiro atoms. The van der Waals surface area contributed by atoms with Crippen molar-refractivity contribution in [2.45, 2.75) is 103 Å². The van der Waals surface area contributed by atoms with Crippen molar-refractivity contribution < 1.29 is 4.79 Å². The first kappa shape index (κ1) is 23.3. The summed E-state index contributed by atoms with van der Waals surface area (Å²) in [5, 5.41) is 0. The Morgan fingerprint density at radius 2 is 0.969 bits per heavy atom. The minimum absolute atomic E-state index is 0.397. The van der Waals surface area contributed by atoms with Crippen LogP contribution in [0.4, 0.5) is 0 Å². The van der Waals surface area contributed by atoms with Crippen LogP contribution in [0.1, 0.15) is 111 Å². The second kappa shape index (κ2) is 11.3. The van der Waals surface area contributed by atoms with E-state index >= 15 is 0 Å². The number of carbonyl (C=O) groups excluding carboxylic acids is 1. The van der Waals surface area contributed by atoms with Crippen molar-refractivity contribution in [1.82, 2.24) is 0 Å². The summed E-state index contributed by atoms with van der Waals surface area (Å²) in [6.45, 7) is 4.31. The zero-order chi connectivity index (χ0) is 22.3. The van der Waals surface area contributed by atoms with Crippen molar-refractivity contribution in [3.8, 4) is 0 Å². The second-order valence-corrected chi connectivity index (χ2v) is 10.8. The molecule has 0 aromatic heterocycles. The zero-order valence-corrected chi connectivity index (χ0v) is 20.3. The predicted molar refractivity (Wildman–Crippen MR) is 135 cm³/mol. The number of carbonyl (C=O) groups is 1. The highest BCUT2D eigenvalue weighted by atomic mass is 16.1. The summed E-state index contributed by atoms with van der Waals surface area (Å²) >= 11 is 0. The fraction of sp³-hybridized carbons (Fsp3) is 0.581. The molecule has 1 nitrogen and oxygen atoms in total. The highest BCUT2D eigenvalue weighted by Crippen LogP contribution is 2.42. The molecule has 0 saturated heterocycles. The van der Waals surface area contributed by atoms with Crippen molar-refractivity contribution in [3.05, 3.63) is 70.8 Å². The number of aryl methyl sites for hydroxylation is 2. The van der Waals surface area contributed by atoms with Gasteiger partial charge in [-0.05, 0) is 74.3 Å². The Balaban J connectivity index is 1.52. The highest BCUT2D eigenvalue weighted by Gasteiger charge is 2.31. The topological polar surface area (TPSA) is 17.1 Å². The molecule has 0 aliphatic heterocycles. The van der Waals surface area contributed by atoms with E-state index in [1.807, 2.05) is 0 Å². The van der Waals surface area contributed by atoms with Crippen LogP contribution in [-0.2, 0) is 4.79 Å². The molecular weight excluding hydrogens is 388 g/mol. The first-order valence-electron chi connectivity index (χ1n) is 13.2. The Morgan fingerprint density at radius 1 is 0.625 bits per heavy atom. The third kappa shape index (κ3) is 6.12. The minimum Gasteiger partial charge on any atom is -0.300 e. The van der Waals surface area contributed by atoms with Gasteiger partial charge < -0.3 is 0 Å². The fourth-order valence-electron chi connectivity index (χ4n) is 6.39. The molecule has 32 heavy (non-hydrogen) atoms. The van der Waals surface area contributed by atoms with Crippen molar-refractivity contribution in [1.29, 1.82) is 0 Å². The van der Waals surface area contributed by atoms with Gasteiger partial charge in [-0.3, -0.25) is 4.79 Å². The molecule has 4 rings (SSSR count). The molecule has 172 valence electrons. The number of benzene rings is 2. The van der Waals surface area contributed by atoms with Crippen molar-refractivity contribution in [2.24, 2.45) is 11.8 Å². The number of ketones is 1. The van der Waals surface area contributed by atoms with Crippen LogP contribution < -0.4 is 0 Å². The van der Waals surface area contributed by atoms with Gasteiger partial charge in [-0.15, -0.1) is 0 Å². The van der Waals surface area contributed by atoms with Crippen molar-refractivity contribution in [2.75, 3.05) is 0 Å². The Morgan fingerprint density at radius 3 is 1.31 bits per heavy atom. The van der Waals surface area contributed by atoms with E-state index in [0.717, 1.165) is 12.8 Å². The van der Waals surface area contributed by atoms with Crippen LogP contribution in [-0.4, -0.2) is 5.78 Å². The summed E-state index contributed by atoms with van der Waals surface area (Å²) in [5.74, 6) is 2.62. The number of Topliss-reactive ketones (excluding diaryl/α,β-unsaturated/α-hetero) is 1. The minimum atomic E-state index is 0.397. The van der Waals surface area contributed by atoms with Gasteiger partial charge in [0.1, 0.15) is 5.78 Å². The Bertz CT molecular complexity index is 764.